The first-order valence-electron chi connectivity index (χ1n) is 6.38. The van der Waals surface area contributed by atoms with Crippen LogP contribution >= 0.6 is 11.3 Å². The fraction of sp³-hybridized carbons (Fsp3) is 0.667. The molecule has 1 N–H and O–H groups in total. The van der Waals surface area contributed by atoms with Gasteiger partial charge in [0.2, 0.25) is 0 Å². The van der Waals surface area contributed by atoms with E-state index in [1.54, 1.807) is 11.4 Å². The highest BCUT2D eigenvalue weighted by molar-refractivity contribution is 7.91. The first-order chi connectivity index (χ1) is 9.07. The van der Waals surface area contributed by atoms with Gasteiger partial charge in [0.05, 0.1) is 12.7 Å². The standard InChI is InChI=1S/C12H19NO4S2/c1-2-17-11-4-3-5-13(7-11)19(15,16)12-6-10(8-14)9-18-12/h6,9,11,14H,2-5,7-8H2,1H3. The summed E-state index contributed by atoms with van der Waals surface area (Å²) in [6.07, 6.45) is 1.72. The molecule has 108 valence electrons. The average molecular weight is 305 g/mol. The van der Waals surface area contributed by atoms with Crippen molar-refractivity contribution in [2.24, 2.45) is 0 Å². The minimum atomic E-state index is -3.44. The molecule has 1 aromatic heterocycles. The Hall–Kier alpha value is -0.470. The Morgan fingerprint density at radius 1 is 1.58 bits per heavy atom. The maximum absolute atomic E-state index is 12.5. The van der Waals surface area contributed by atoms with Gasteiger partial charge in [-0.05, 0) is 36.8 Å². The molecule has 19 heavy (non-hydrogen) atoms. The minimum Gasteiger partial charge on any atom is -0.392 e. The van der Waals surface area contributed by atoms with Crippen LogP contribution in [0, 0.1) is 0 Å². The van der Waals surface area contributed by atoms with E-state index in [1.165, 1.54) is 4.31 Å². The molecule has 0 saturated carbocycles. The second kappa shape index (κ2) is 6.32. The van der Waals surface area contributed by atoms with E-state index < -0.39 is 10.0 Å². The van der Waals surface area contributed by atoms with E-state index in [9.17, 15) is 8.42 Å². The number of ether oxygens (including phenoxy) is 1. The Balaban J connectivity index is 2.14. The van der Waals surface area contributed by atoms with Crippen molar-refractivity contribution < 1.29 is 18.3 Å². The summed E-state index contributed by atoms with van der Waals surface area (Å²) in [7, 11) is -3.44. The molecule has 2 heterocycles. The van der Waals surface area contributed by atoms with E-state index in [0.717, 1.165) is 24.2 Å². The molecule has 1 aliphatic heterocycles. The van der Waals surface area contributed by atoms with Gasteiger partial charge in [-0.25, -0.2) is 8.42 Å². The smallest absolute Gasteiger partial charge is 0.252 e. The predicted molar refractivity (Wildman–Crippen MR) is 73.6 cm³/mol. The molecule has 1 saturated heterocycles. The van der Waals surface area contributed by atoms with Crippen molar-refractivity contribution >= 4 is 21.4 Å². The van der Waals surface area contributed by atoms with Crippen LogP contribution in [0.15, 0.2) is 15.7 Å². The van der Waals surface area contributed by atoms with Crippen molar-refractivity contribution in [1.82, 2.24) is 4.31 Å². The van der Waals surface area contributed by atoms with E-state index in [0.29, 0.717) is 29.5 Å². The highest BCUT2D eigenvalue weighted by Crippen LogP contribution is 2.27. The van der Waals surface area contributed by atoms with Gasteiger partial charge in [0.1, 0.15) is 4.21 Å². The number of thiophene rings is 1. The lowest BCUT2D eigenvalue weighted by Gasteiger charge is -2.31. The summed E-state index contributed by atoms with van der Waals surface area (Å²) in [6, 6.07) is 1.55. The molecule has 1 aliphatic rings. The third-order valence-electron chi connectivity index (χ3n) is 3.15. The SMILES string of the molecule is CCOC1CCCN(S(=O)(=O)c2cc(CO)cs2)C1. The molecule has 7 heteroatoms. The number of hydrogen-bond acceptors (Lipinski definition) is 5. The molecule has 1 unspecified atom stereocenters. The number of nitrogens with zero attached hydrogens (tertiary/aromatic N) is 1. The Labute approximate surface area is 117 Å². The van der Waals surface area contributed by atoms with E-state index in [-0.39, 0.29) is 12.7 Å². The Kier molecular flexibility index (Phi) is 4.97. The van der Waals surface area contributed by atoms with Crippen LogP contribution in [0.1, 0.15) is 25.3 Å². The number of hydrogen-bond donors (Lipinski definition) is 1. The molecule has 0 bridgehead atoms. The molecule has 0 radical (unpaired) electrons. The van der Waals surface area contributed by atoms with Crippen LogP contribution in [-0.4, -0.2) is 43.6 Å². The van der Waals surface area contributed by atoms with E-state index in [1.807, 2.05) is 6.92 Å². The number of aliphatic hydroxyl groups excluding tert-OH is 1. The van der Waals surface area contributed by atoms with E-state index >= 15 is 0 Å². The van der Waals surface area contributed by atoms with Crippen LogP contribution < -0.4 is 0 Å². The van der Waals surface area contributed by atoms with Gasteiger partial charge in [0.25, 0.3) is 10.0 Å². The Morgan fingerprint density at radius 3 is 3.00 bits per heavy atom. The molecule has 0 amide bonds. The molecule has 0 aromatic carbocycles. The van der Waals surface area contributed by atoms with Crippen molar-refractivity contribution in [3.05, 3.63) is 17.0 Å². The summed E-state index contributed by atoms with van der Waals surface area (Å²) in [5.41, 5.74) is 0.641. The van der Waals surface area contributed by atoms with Crippen LogP contribution in [0.2, 0.25) is 0 Å². The lowest BCUT2D eigenvalue weighted by molar-refractivity contribution is 0.0265. The number of aliphatic hydroxyl groups is 1. The maximum atomic E-state index is 12.5. The summed E-state index contributed by atoms with van der Waals surface area (Å²) in [6.45, 7) is 3.35. The maximum Gasteiger partial charge on any atom is 0.252 e. The van der Waals surface area contributed by atoms with Crippen LogP contribution in [0.3, 0.4) is 0 Å². The summed E-state index contributed by atoms with van der Waals surface area (Å²) >= 11 is 1.16. The van der Waals surface area contributed by atoms with Gasteiger partial charge >= 0.3 is 0 Å². The van der Waals surface area contributed by atoms with Gasteiger partial charge < -0.3 is 9.84 Å². The zero-order valence-corrected chi connectivity index (χ0v) is 12.5. The summed E-state index contributed by atoms with van der Waals surface area (Å²) in [5.74, 6) is 0. The third kappa shape index (κ3) is 3.35. The molecular weight excluding hydrogens is 286 g/mol. The molecule has 5 nitrogen and oxygen atoms in total. The van der Waals surface area contributed by atoms with Gasteiger partial charge in [-0.2, -0.15) is 4.31 Å². The second-order valence-corrected chi connectivity index (χ2v) is 7.59. The summed E-state index contributed by atoms with van der Waals surface area (Å²) in [4.78, 5) is 0. The summed E-state index contributed by atoms with van der Waals surface area (Å²) < 4.78 is 32.2. The third-order valence-corrected chi connectivity index (χ3v) is 6.48. The van der Waals surface area contributed by atoms with Crippen LogP contribution in [-0.2, 0) is 21.4 Å². The second-order valence-electron chi connectivity index (χ2n) is 4.51. The first-order valence-corrected chi connectivity index (χ1v) is 8.70. The van der Waals surface area contributed by atoms with E-state index in [2.05, 4.69) is 0 Å². The van der Waals surface area contributed by atoms with Gasteiger partial charge in [-0.1, -0.05) is 0 Å². The fourth-order valence-corrected chi connectivity index (χ4v) is 5.06. The van der Waals surface area contributed by atoms with Gasteiger partial charge in [0.15, 0.2) is 0 Å². The predicted octanol–water partition coefficient (Wildman–Crippen LogP) is 1.43. The Bertz CT molecular complexity index is 510. The molecule has 1 aromatic rings. The fourth-order valence-electron chi connectivity index (χ4n) is 2.19. The largest absolute Gasteiger partial charge is 0.392 e. The average Bonchev–Trinajstić information content (AvgIpc) is 2.89. The van der Waals surface area contributed by atoms with Gasteiger partial charge in [-0.3, -0.25) is 0 Å². The van der Waals surface area contributed by atoms with Gasteiger partial charge in [0, 0.05) is 19.7 Å². The Morgan fingerprint density at radius 2 is 2.37 bits per heavy atom. The van der Waals surface area contributed by atoms with Crippen molar-refractivity contribution in [2.75, 3.05) is 19.7 Å². The first kappa shape index (κ1) is 14.9. The molecular formula is C12H19NO4S2. The van der Waals surface area contributed by atoms with Crippen molar-refractivity contribution in [3.8, 4) is 0 Å². The lowest BCUT2D eigenvalue weighted by Crippen LogP contribution is -2.42. The quantitative estimate of drug-likeness (QED) is 0.893. The monoisotopic (exact) mass is 305 g/mol. The number of sulfonamides is 1. The molecule has 2 rings (SSSR count). The molecule has 0 spiro atoms. The molecule has 1 fully saturated rings. The normalized spacial score (nSPS) is 21.7. The highest BCUT2D eigenvalue weighted by atomic mass is 32.2. The number of rotatable bonds is 5. The summed E-state index contributed by atoms with van der Waals surface area (Å²) in [5, 5.41) is 10.7. The van der Waals surface area contributed by atoms with Gasteiger partial charge in [-0.15, -0.1) is 11.3 Å². The zero-order valence-electron chi connectivity index (χ0n) is 10.9. The topological polar surface area (TPSA) is 66.8 Å². The zero-order chi connectivity index (χ0) is 13.9. The van der Waals surface area contributed by atoms with Crippen molar-refractivity contribution in [1.29, 1.82) is 0 Å². The lowest BCUT2D eigenvalue weighted by atomic mass is 10.1. The molecule has 1 atom stereocenters. The van der Waals surface area contributed by atoms with Crippen LogP contribution in [0.5, 0.6) is 0 Å². The van der Waals surface area contributed by atoms with Crippen molar-refractivity contribution in [2.45, 2.75) is 36.7 Å². The number of piperidine rings is 1. The van der Waals surface area contributed by atoms with Crippen molar-refractivity contribution in [3.63, 3.8) is 0 Å². The minimum absolute atomic E-state index is 0.00852. The molecule has 0 aliphatic carbocycles. The highest BCUT2D eigenvalue weighted by Gasteiger charge is 2.31. The van der Waals surface area contributed by atoms with E-state index in [4.69, 9.17) is 9.84 Å². The van der Waals surface area contributed by atoms with Crippen LogP contribution in [0.4, 0.5) is 0 Å². The van der Waals surface area contributed by atoms with Crippen LogP contribution in [0.25, 0.3) is 0 Å².